The smallest absolute Gasteiger partial charge is 0.262 e. The molecule has 0 unspecified atom stereocenters. The van der Waals surface area contributed by atoms with Gasteiger partial charge in [0.15, 0.2) is 6.10 Å². The van der Waals surface area contributed by atoms with Crippen LogP contribution < -0.4 is 15.0 Å². The SMILES string of the molecule is CCCNC(=O)[C@@H]1CN(C(=O)c2ccc3c(c2)CCCC3)c2ccccc2O1. The summed E-state index contributed by atoms with van der Waals surface area (Å²) < 4.78 is 5.89. The van der Waals surface area contributed by atoms with Gasteiger partial charge in [-0.2, -0.15) is 0 Å². The zero-order valence-corrected chi connectivity index (χ0v) is 16.2. The van der Waals surface area contributed by atoms with Crippen LogP contribution in [-0.4, -0.2) is 31.0 Å². The lowest BCUT2D eigenvalue weighted by Crippen LogP contribution is -2.50. The van der Waals surface area contributed by atoms with Gasteiger partial charge in [0.2, 0.25) is 0 Å². The number of ether oxygens (including phenoxy) is 1. The van der Waals surface area contributed by atoms with Gasteiger partial charge in [-0.15, -0.1) is 0 Å². The van der Waals surface area contributed by atoms with Gasteiger partial charge in [-0.1, -0.05) is 25.1 Å². The van der Waals surface area contributed by atoms with Gasteiger partial charge in [0.05, 0.1) is 12.2 Å². The summed E-state index contributed by atoms with van der Waals surface area (Å²) in [5, 5.41) is 2.87. The van der Waals surface area contributed by atoms with Crippen molar-refractivity contribution in [1.29, 1.82) is 0 Å². The number of anilines is 1. The normalized spacial score (nSPS) is 17.9. The van der Waals surface area contributed by atoms with Crippen molar-refractivity contribution in [3.63, 3.8) is 0 Å². The zero-order valence-electron chi connectivity index (χ0n) is 16.2. The minimum atomic E-state index is -0.706. The Balaban J connectivity index is 1.63. The average Bonchev–Trinajstić information content (AvgIpc) is 2.75. The van der Waals surface area contributed by atoms with E-state index in [-0.39, 0.29) is 18.4 Å². The van der Waals surface area contributed by atoms with E-state index in [0.717, 1.165) is 19.3 Å². The molecule has 2 aromatic carbocycles. The molecule has 0 spiro atoms. The Labute approximate surface area is 165 Å². The van der Waals surface area contributed by atoms with Gasteiger partial charge in [0.25, 0.3) is 11.8 Å². The van der Waals surface area contributed by atoms with Crippen LogP contribution in [0.2, 0.25) is 0 Å². The molecule has 5 heteroatoms. The Kier molecular flexibility index (Phi) is 5.33. The number of hydrogen-bond donors (Lipinski definition) is 1. The summed E-state index contributed by atoms with van der Waals surface area (Å²) in [6, 6.07) is 13.4. The molecule has 2 aromatic rings. The number of nitrogens with one attached hydrogen (secondary N) is 1. The van der Waals surface area contributed by atoms with Crippen LogP contribution in [0, 0.1) is 0 Å². The van der Waals surface area contributed by atoms with Gasteiger partial charge in [0.1, 0.15) is 5.75 Å². The fourth-order valence-electron chi connectivity index (χ4n) is 3.95. The van der Waals surface area contributed by atoms with Crippen LogP contribution in [0.5, 0.6) is 5.75 Å². The van der Waals surface area contributed by atoms with Crippen molar-refractivity contribution in [2.24, 2.45) is 0 Å². The number of fused-ring (bicyclic) bond motifs is 2. The number of benzene rings is 2. The molecule has 0 saturated heterocycles. The summed E-state index contributed by atoms with van der Waals surface area (Å²) in [6.07, 6.45) is 4.65. The minimum absolute atomic E-state index is 0.0857. The van der Waals surface area contributed by atoms with Crippen molar-refractivity contribution in [1.82, 2.24) is 5.32 Å². The van der Waals surface area contributed by atoms with Gasteiger partial charge >= 0.3 is 0 Å². The molecular weight excluding hydrogens is 352 g/mol. The first-order valence-electron chi connectivity index (χ1n) is 10.1. The van der Waals surface area contributed by atoms with Crippen molar-refractivity contribution < 1.29 is 14.3 Å². The lowest BCUT2D eigenvalue weighted by Gasteiger charge is -2.34. The zero-order chi connectivity index (χ0) is 19.5. The van der Waals surface area contributed by atoms with E-state index in [4.69, 9.17) is 4.74 Å². The molecule has 1 N–H and O–H groups in total. The molecule has 1 atom stereocenters. The van der Waals surface area contributed by atoms with Gasteiger partial charge in [-0.25, -0.2) is 0 Å². The molecule has 1 aliphatic heterocycles. The maximum Gasteiger partial charge on any atom is 0.262 e. The Bertz CT molecular complexity index is 893. The van der Waals surface area contributed by atoms with Crippen molar-refractivity contribution >= 4 is 17.5 Å². The highest BCUT2D eigenvalue weighted by molar-refractivity contribution is 6.08. The first kappa shape index (κ1) is 18.5. The third-order valence-corrected chi connectivity index (χ3v) is 5.46. The predicted molar refractivity (Wildman–Crippen MR) is 109 cm³/mol. The highest BCUT2D eigenvalue weighted by Gasteiger charge is 2.34. The summed E-state index contributed by atoms with van der Waals surface area (Å²) in [4.78, 5) is 27.5. The number of hydrogen-bond acceptors (Lipinski definition) is 3. The van der Waals surface area contributed by atoms with Crippen LogP contribution in [0.4, 0.5) is 5.69 Å². The number of rotatable bonds is 4. The van der Waals surface area contributed by atoms with Gasteiger partial charge in [-0.3, -0.25) is 9.59 Å². The molecule has 0 bridgehead atoms. The summed E-state index contributed by atoms with van der Waals surface area (Å²) >= 11 is 0. The van der Waals surface area contributed by atoms with Crippen molar-refractivity contribution in [2.75, 3.05) is 18.0 Å². The highest BCUT2D eigenvalue weighted by Crippen LogP contribution is 2.34. The van der Waals surface area contributed by atoms with Gasteiger partial charge in [0, 0.05) is 12.1 Å². The lowest BCUT2D eigenvalue weighted by atomic mass is 9.90. The maximum atomic E-state index is 13.4. The predicted octanol–water partition coefficient (Wildman–Crippen LogP) is 3.50. The van der Waals surface area contributed by atoms with E-state index < -0.39 is 6.10 Å². The lowest BCUT2D eigenvalue weighted by molar-refractivity contribution is -0.127. The van der Waals surface area contributed by atoms with Crippen LogP contribution in [0.3, 0.4) is 0 Å². The fourth-order valence-corrected chi connectivity index (χ4v) is 3.95. The summed E-state index contributed by atoms with van der Waals surface area (Å²) in [5.41, 5.74) is 4.01. The monoisotopic (exact) mass is 378 g/mol. The molecule has 4 rings (SSSR count). The Hall–Kier alpha value is -2.82. The van der Waals surface area contributed by atoms with E-state index in [1.807, 2.05) is 43.3 Å². The van der Waals surface area contributed by atoms with Crippen LogP contribution in [-0.2, 0) is 17.6 Å². The van der Waals surface area contributed by atoms with Crippen LogP contribution in [0.15, 0.2) is 42.5 Å². The first-order valence-corrected chi connectivity index (χ1v) is 10.1. The summed E-state index contributed by atoms with van der Waals surface area (Å²) in [5.74, 6) is 0.300. The number of nitrogens with zero attached hydrogens (tertiary/aromatic N) is 1. The second-order valence-electron chi connectivity index (χ2n) is 7.47. The second-order valence-corrected chi connectivity index (χ2v) is 7.47. The molecule has 146 valence electrons. The molecule has 2 aliphatic rings. The van der Waals surface area contributed by atoms with Crippen LogP contribution in [0.25, 0.3) is 0 Å². The standard InChI is InChI=1S/C23H26N2O3/c1-2-13-24-22(26)21-15-25(19-9-5-6-10-20(19)28-21)23(27)18-12-11-16-7-3-4-8-17(16)14-18/h5-6,9-12,14,21H,2-4,7-8,13,15H2,1H3,(H,24,26)/t21-/m0/s1. The topological polar surface area (TPSA) is 58.6 Å². The fraction of sp³-hybridized carbons (Fsp3) is 0.391. The first-order chi connectivity index (χ1) is 13.7. The summed E-state index contributed by atoms with van der Waals surface area (Å²) in [6.45, 7) is 2.81. The van der Waals surface area contributed by atoms with E-state index in [1.54, 1.807) is 4.90 Å². The minimum Gasteiger partial charge on any atom is -0.477 e. The molecule has 1 aliphatic carbocycles. The van der Waals surface area contributed by atoms with Gasteiger partial charge < -0.3 is 15.0 Å². The van der Waals surface area contributed by atoms with Crippen LogP contribution >= 0.6 is 0 Å². The number of carbonyl (C=O) groups is 2. The number of aryl methyl sites for hydroxylation is 2. The van der Waals surface area contributed by atoms with Crippen molar-refractivity contribution in [2.45, 2.75) is 45.1 Å². The molecule has 1 heterocycles. The molecule has 5 nitrogen and oxygen atoms in total. The Morgan fingerprint density at radius 3 is 2.71 bits per heavy atom. The summed E-state index contributed by atoms with van der Waals surface area (Å²) in [7, 11) is 0. The Morgan fingerprint density at radius 2 is 1.89 bits per heavy atom. The Morgan fingerprint density at radius 1 is 1.11 bits per heavy atom. The van der Waals surface area contributed by atoms with Gasteiger partial charge in [-0.05, 0) is 67.5 Å². The quantitative estimate of drug-likeness (QED) is 0.886. The molecule has 0 aromatic heterocycles. The largest absolute Gasteiger partial charge is 0.477 e. The van der Waals surface area contributed by atoms with E-state index in [1.165, 1.54) is 24.0 Å². The molecule has 2 amide bonds. The molecule has 0 radical (unpaired) electrons. The van der Waals surface area contributed by atoms with Crippen LogP contribution in [0.1, 0.15) is 47.7 Å². The third-order valence-electron chi connectivity index (χ3n) is 5.46. The van der Waals surface area contributed by atoms with E-state index in [2.05, 4.69) is 11.4 Å². The molecular formula is C23H26N2O3. The average molecular weight is 378 g/mol. The van der Waals surface area contributed by atoms with Crippen molar-refractivity contribution in [3.8, 4) is 5.75 Å². The highest BCUT2D eigenvalue weighted by atomic mass is 16.5. The van der Waals surface area contributed by atoms with E-state index in [0.29, 0.717) is 23.5 Å². The van der Waals surface area contributed by atoms with Crippen molar-refractivity contribution in [3.05, 3.63) is 59.2 Å². The third kappa shape index (κ3) is 3.61. The molecule has 0 saturated carbocycles. The second kappa shape index (κ2) is 8.05. The molecule has 0 fully saturated rings. The number of para-hydroxylation sites is 2. The van der Waals surface area contributed by atoms with E-state index >= 15 is 0 Å². The molecule has 28 heavy (non-hydrogen) atoms. The van der Waals surface area contributed by atoms with E-state index in [9.17, 15) is 9.59 Å². The maximum absolute atomic E-state index is 13.4. The number of amides is 2. The number of carbonyl (C=O) groups excluding carboxylic acids is 2.